The highest BCUT2D eigenvalue weighted by Gasteiger charge is 2.22. The molecule has 3 heterocycles. The Bertz CT molecular complexity index is 983. The molecule has 30 heavy (non-hydrogen) atoms. The molecule has 0 radical (unpaired) electrons. The first kappa shape index (κ1) is 20.1. The Balaban J connectivity index is 1.25. The molecular formula is C22H26FN5O2. The summed E-state index contributed by atoms with van der Waals surface area (Å²) >= 11 is 0. The topological polar surface area (TPSA) is 87.0 Å². The van der Waals surface area contributed by atoms with E-state index in [-0.39, 0.29) is 11.7 Å². The van der Waals surface area contributed by atoms with Gasteiger partial charge in [-0.15, -0.1) is 0 Å². The molecule has 1 fully saturated rings. The van der Waals surface area contributed by atoms with Crippen LogP contribution in [0.1, 0.15) is 29.9 Å². The van der Waals surface area contributed by atoms with E-state index in [1.165, 1.54) is 12.1 Å². The van der Waals surface area contributed by atoms with Gasteiger partial charge in [0.1, 0.15) is 11.6 Å². The predicted molar refractivity (Wildman–Crippen MR) is 112 cm³/mol. The molecule has 8 heteroatoms. The van der Waals surface area contributed by atoms with E-state index in [9.17, 15) is 9.18 Å². The second kappa shape index (κ2) is 8.69. The number of carbonyl (C=O) groups excluding carboxylic acids is 1. The lowest BCUT2D eigenvalue weighted by Gasteiger charge is -2.32. The lowest BCUT2D eigenvalue weighted by atomic mass is 9.96. The third kappa shape index (κ3) is 4.53. The molecule has 1 aliphatic heterocycles. The number of halogens is 1. The smallest absolute Gasteiger partial charge is 0.224 e. The zero-order valence-electron chi connectivity index (χ0n) is 17.2. The average molecular weight is 411 g/mol. The first-order chi connectivity index (χ1) is 14.5. The first-order valence-electron chi connectivity index (χ1n) is 10.2. The van der Waals surface area contributed by atoms with E-state index >= 15 is 0 Å². The number of anilines is 1. The lowest BCUT2D eigenvalue weighted by Crippen LogP contribution is -2.39. The Morgan fingerprint density at radius 3 is 2.67 bits per heavy atom. The third-order valence-electron chi connectivity index (χ3n) is 5.76. The van der Waals surface area contributed by atoms with Crippen LogP contribution in [0.3, 0.4) is 0 Å². The summed E-state index contributed by atoms with van der Waals surface area (Å²) in [4.78, 5) is 14.5. The van der Waals surface area contributed by atoms with Crippen LogP contribution in [0.4, 0.5) is 10.2 Å². The number of carbonyl (C=O) groups is 1. The van der Waals surface area contributed by atoms with Gasteiger partial charge in [-0.1, -0.05) is 5.16 Å². The number of hydrogen-bond donors (Lipinski definition) is 2. The van der Waals surface area contributed by atoms with Crippen molar-refractivity contribution in [1.29, 1.82) is 0 Å². The molecule has 0 unspecified atom stereocenters. The largest absolute Gasteiger partial charge is 0.361 e. The maximum atomic E-state index is 13.1. The molecule has 2 N–H and O–H groups in total. The second-order valence-electron chi connectivity index (χ2n) is 7.86. The summed E-state index contributed by atoms with van der Waals surface area (Å²) in [6, 6.07) is 8.37. The van der Waals surface area contributed by atoms with Gasteiger partial charge in [0.05, 0.1) is 17.8 Å². The predicted octanol–water partition coefficient (Wildman–Crippen LogP) is 3.40. The van der Waals surface area contributed by atoms with E-state index in [4.69, 9.17) is 4.52 Å². The van der Waals surface area contributed by atoms with Crippen LogP contribution < -0.4 is 10.2 Å². The molecular weight excluding hydrogens is 385 g/mol. The van der Waals surface area contributed by atoms with Crippen LogP contribution in [0.2, 0.25) is 0 Å². The van der Waals surface area contributed by atoms with Crippen LogP contribution in [-0.4, -0.2) is 40.9 Å². The van der Waals surface area contributed by atoms with Crippen LogP contribution in [0, 0.1) is 25.6 Å². The third-order valence-corrected chi connectivity index (χ3v) is 5.76. The fourth-order valence-electron chi connectivity index (χ4n) is 3.85. The number of aromatic amines is 1. The van der Waals surface area contributed by atoms with E-state index in [1.54, 1.807) is 12.1 Å². The molecule has 3 aromatic rings. The summed E-state index contributed by atoms with van der Waals surface area (Å²) in [6.45, 7) is 6.13. The molecule has 1 aromatic carbocycles. The quantitative estimate of drug-likeness (QED) is 0.649. The molecule has 0 aliphatic carbocycles. The Kier molecular flexibility index (Phi) is 5.83. The minimum Gasteiger partial charge on any atom is -0.361 e. The van der Waals surface area contributed by atoms with Crippen LogP contribution in [0.15, 0.2) is 34.9 Å². The standard InChI is InChI=1S/C22H26FN5O2/c1-14-19(15(2)30-27-14)11-22(29)24-13-16-7-9-28(10-8-16)21-12-20(25-26-21)17-3-5-18(23)6-4-17/h3-6,12,16H,7-11,13H2,1-2H3,(H,24,29)(H,25,26). The number of amides is 1. The highest BCUT2D eigenvalue weighted by Crippen LogP contribution is 2.26. The van der Waals surface area contributed by atoms with Gasteiger partial charge in [0.25, 0.3) is 0 Å². The van der Waals surface area contributed by atoms with E-state index in [0.29, 0.717) is 24.6 Å². The zero-order chi connectivity index (χ0) is 21.1. The second-order valence-corrected chi connectivity index (χ2v) is 7.86. The number of rotatable bonds is 6. The van der Waals surface area contributed by atoms with Crippen molar-refractivity contribution in [3.8, 4) is 11.3 Å². The van der Waals surface area contributed by atoms with Crippen molar-refractivity contribution in [2.45, 2.75) is 33.1 Å². The molecule has 7 nitrogen and oxygen atoms in total. The number of aromatic nitrogens is 3. The summed E-state index contributed by atoms with van der Waals surface area (Å²) in [6.07, 6.45) is 2.29. The van der Waals surface area contributed by atoms with Gasteiger partial charge in [0, 0.05) is 31.3 Å². The van der Waals surface area contributed by atoms with Gasteiger partial charge >= 0.3 is 0 Å². The maximum absolute atomic E-state index is 13.1. The van der Waals surface area contributed by atoms with Gasteiger partial charge in [-0.2, -0.15) is 5.10 Å². The molecule has 2 aromatic heterocycles. The molecule has 0 saturated carbocycles. The number of nitrogens with one attached hydrogen (secondary N) is 2. The highest BCUT2D eigenvalue weighted by molar-refractivity contribution is 5.79. The summed E-state index contributed by atoms with van der Waals surface area (Å²) in [5.41, 5.74) is 3.43. The Morgan fingerprint density at radius 1 is 1.27 bits per heavy atom. The van der Waals surface area contributed by atoms with Gasteiger partial charge in [-0.25, -0.2) is 4.39 Å². The Labute approximate surface area is 174 Å². The molecule has 0 bridgehead atoms. The van der Waals surface area contributed by atoms with Crippen LogP contribution in [0.5, 0.6) is 0 Å². The number of piperidine rings is 1. The Morgan fingerprint density at radius 2 is 2.00 bits per heavy atom. The summed E-state index contributed by atoms with van der Waals surface area (Å²) < 4.78 is 18.2. The van der Waals surface area contributed by atoms with Gasteiger partial charge in [0.2, 0.25) is 5.91 Å². The van der Waals surface area contributed by atoms with Crippen molar-refractivity contribution in [1.82, 2.24) is 20.7 Å². The van der Waals surface area contributed by atoms with Gasteiger partial charge < -0.3 is 14.7 Å². The number of benzene rings is 1. The summed E-state index contributed by atoms with van der Waals surface area (Å²) in [5, 5.41) is 14.4. The number of aryl methyl sites for hydroxylation is 2. The minimum atomic E-state index is -0.251. The molecule has 1 aliphatic rings. The molecule has 158 valence electrons. The van der Waals surface area contributed by atoms with E-state index in [2.05, 4.69) is 25.6 Å². The van der Waals surface area contributed by atoms with Gasteiger partial charge in [-0.3, -0.25) is 9.89 Å². The first-order valence-corrected chi connectivity index (χ1v) is 10.2. The SMILES string of the molecule is Cc1noc(C)c1CC(=O)NCC1CCN(c2cc(-c3ccc(F)cc3)[nH]n2)CC1. The molecule has 0 spiro atoms. The van der Waals surface area contributed by atoms with Crippen LogP contribution >= 0.6 is 0 Å². The van der Waals surface area contributed by atoms with E-state index in [1.807, 2.05) is 19.9 Å². The molecule has 0 atom stereocenters. The van der Waals surface area contributed by atoms with Crippen molar-refractivity contribution in [2.24, 2.45) is 5.92 Å². The monoisotopic (exact) mass is 411 g/mol. The summed E-state index contributed by atoms with van der Waals surface area (Å²) in [7, 11) is 0. The summed E-state index contributed by atoms with van der Waals surface area (Å²) in [5.74, 6) is 1.80. The molecule has 1 saturated heterocycles. The van der Waals surface area contributed by atoms with Crippen molar-refractivity contribution in [3.05, 3.63) is 53.2 Å². The maximum Gasteiger partial charge on any atom is 0.224 e. The molecule has 1 amide bonds. The fourth-order valence-corrected chi connectivity index (χ4v) is 3.85. The van der Waals surface area contributed by atoms with Crippen molar-refractivity contribution in [2.75, 3.05) is 24.5 Å². The number of H-pyrrole nitrogens is 1. The van der Waals surface area contributed by atoms with Gasteiger partial charge in [0.15, 0.2) is 5.82 Å². The molecule has 4 rings (SSSR count). The highest BCUT2D eigenvalue weighted by atomic mass is 19.1. The number of hydrogen-bond acceptors (Lipinski definition) is 5. The van der Waals surface area contributed by atoms with Crippen LogP contribution in [-0.2, 0) is 11.2 Å². The van der Waals surface area contributed by atoms with Crippen molar-refractivity contribution < 1.29 is 13.7 Å². The lowest BCUT2D eigenvalue weighted by molar-refractivity contribution is -0.120. The normalized spacial score (nSPS) is 14.8. The van der Waals surface area contributed by atoms with Crippen molar-refractivity contribution >= 4 is 11.7 Å². The van der Waals surface area contributed by atoms with E-state index in [0.717, 1.165) is 54.3 Å². The number of nitrogens with zero attached hydrogens (tertiary/aromatic N) is 3. The minimum absolute atomic E-state index is 0.00284. The van der Waals surface area contributed by atoms with Gasteiger partial charge in [-0.05, 0) is 62.4 Å². The zero-order valence-corrected chi connectivity index (χ0v) is 17.2. The van der Waals surface area contributed by atoms with Crippen LogP contribution in [0.25, 0.3) is 11.3 Å². The average Bonchev–Trinajstić information content (AvgIpc) is 3.36. The van der Waals surface area contributed by atoms with E-state index < -0.39 is 0 Å². The Hall–Kier alpha value is -3.16. The fraction of sp³-hybridized carbons (Fsp3) is 0.409. The van der Waals surface area contributed by atoms with Crippen molar-refractivity contribution in [3.63, 3.8) is 0 Å².